The third-order valence-corrected chi connectivity index (χ3v) is 0.175. The Morgan fingerprint density at radius 2 is 1.30 bits per heavy atom. The van der Waals surface area contributed by atoms with Crippen LogP contribution < -0.4 is 55.4 Å². The summed E-state index contributed by atoms with van der Waals surface area (Å²) in [4.78, 5) is 9.24. The first kappa shape index (κ1) is 42.8. The van der Waals surface area contributed by atoms with Gasteiger partial charge in [0, 0.05) is 0 Å². The molecule has 0 saturated heterocycles. The van der Waals surface area contributed by atoms with Gasteiger partial charge in [-0.1, -0.05) is 0 Å². The summed E-state index contributed by atoms with van der Waals surface area (Å²) in [6.07, 6.45) is 0. The van der Waals surface area contributed by atoms with Crippen LogP contribution in [0.4, 0.5) is 0 Å². The van der Waals surface area contributed by atoms with Gasteiger partial charge in [-0.2, -0.15) is 0 Å². The first-order valence-corrected chi connectivity index (χ1v) is 1.19. The largest absolute Gasteiger partial charge is 2.00 e. The van der Waals surface area contributed by atoms with Crippen LogP contribution in [0, 0.1) is 0 Å². The number of carboxylic acid groups (broad SMARTS) is 1. The van der Waals surface area contributed by atoms with Gasteiger partial charge in [0.15, 0.2) is 0 Å². The van der Waals surface area contributed by atoms with E-state index in [9.17, 15) is 4.79 Å². The zero-order valence-electron chi connectivity index (χ0n) is 4.47. The quantitative estimate of drug-likeness (QED) is 0.450. The predicted molar refractivity (Wildman–Crippen MR) is 16.7 cm³/mol. The molecule has 0 radical (unpaired) electrons. The molecular weight excluding hydrogens is 407 g/mol. The maximum atomic E-state index is 9.24. The third kappa shape index (κ3) is 59.2. The molecular formula is C2H5Cl4NO2Pt-2. The molecule has 0 heterocycles. The Balaban J connectivity index is -0.00000000800. The van der Waals surface area contributed by atoms with Crippen molar-refractivity contribution in [1.82, 2.24) is 0 Å². The molecule has 0 aromatic rings. The van der Waals surface area contributed by atoms with Crippen molar-refractivity contribution in [2.24, 2.45) is 5.73 Å². The third-order valence-electron chi connectivity index (χ3n) is 0.175. The van der Waals surface area contributed by atoms with Crippen LogP contribution in [0.1, 0.15) is 0 Å². The van der Waals surface area contributed by atoms with E-state index < -0.39 is 5.97 Å². The zero-order chi connectivity index (χ0) is 4.28. The summed E-state index contributed by atoms with van der Waals surface area (Å²) in [7, 11) is 0. The van der Waals surface area contributed by atoms with E-state index in [0.29, 0.717) is 0 Å². The average Bonchev–Trinajstić information content (AvgIpc) is 1.38. The Bertz CT molecular complexity index is 56.5. The summed E-state index contributed by atoms with van der Waals surface area (Å²) in [5, 5.41) is 7.60. The average molecular weight is 412 g/mol. The number of rotatable bonds is 1. The fraction of sp³-hybridized carbons (Fsp3) is 0.500. The normalized spacial score (nSPS) is 3.70. The minimum atomic E-state index is -0.968. The van der Waals surface area contributed by atoms with E-state index in [1.165, 1.54) is 0 Å². The minimum absolute atomic E-state index is 0. The van der Waals surface area contributed by atoms with Gasteiger partial charge >= 0.3 is 27.0 Å². The van der Waals surface area contributed by atoms with Crippen molar-refractivity contribution in [3.63, 3.8) is 0 Å². The summed E-state index contributed by atoms with van der Waals surface area (Å²) < 4.78 is 0. The van der Waals surface area contributed by atoms with Gasteiger partial charge in [-0.15, -0.1) is 0 Å². The number of halogens is 4. The molecule has 0 aliphatic rings. The Kier molecular flexibility index (Phi) is 136. The van der Waals surface area contributed by atoms with Crippen molar-refractivity contribution in [3.8, 4) is 0 Å². The predicted octanol–water partition coefficient (Wildman–Crippen LogP) is -13.0. The second kappa shape index (κ2) is 31.8. The molecule has 0 rings (SSSR count). The summed E-state index contributed by atoms with van der Waals surface area (Å²) in [5.74, 6) is -0.968. The van der Waals surface area contributed by atoms with Crippen LogP contribution in [0.25, 0.3) is 0 Å². The Morgan fingerprint density at radius 3 is 1.30 bits per heavy atom. The van der Waals surface area contributed by atoms with Gasteiger partial charge in [0.25, 0.3) is 0 Å². The zero-order valence-corrected chi connectivity index (χ0v) is 9.76. The van der Waals surface area contributed by atoms with Gasteiger partial charge in [0.05, 0.1) is 6.54 Å². The molecule has 0 fully saturated rings. The van der Waals surface area contributed by atoms with Crippen LogP contribution in [0.3, 0.4) is 0 Å². The van der Waals surface area contributed by atoms with Gasteiger partial charge in [0.2, 0.25) is 0 Å². The molecule has 0 bridgehead atoms. The maximum absolute atomic E-state index is 9.24. The monoisotopic (exact) mass is 410 g/mol. The van der Waals surface area contributed by atoms with Crippen molar-refractivity contribution in [3.05, 3.63) is 0 Å². The van der Waals surface area contributed by atoms with E-state index in [1.807, 2.05) is 0 Å². The smallest absolute Gasteiger partial charge is 1.00 e. The number of carboxylic acids is 1. The fourth-order valence-corrected chi connectivity index (χ4v) is 0. The maximum Gasteiger partial charge on any atom is 2.00 e. The van der Waals surface area contributed by atoms with Gasteiger partial charge in [-0.25, -0.2) is 0 Å². The van der Waals surface area contributed by atoms with Crippen LogP contribution >= 0.6 is 0 Å². The van der Waals surface area contributed by atoms with Crippen molar-refractivity contribution >= 4 is 5.97 Å². The molecule has 3 nitrogen and oxygen atoms in total. The van der Waals surface area contributed by atoms with E-state index in [4.69, 9.17) is 5.11 Å². The first-order valence-electron chi connectivity index (χ1n) is 1.19. The van der Waals surface area contributed by atoms with Crippen molar-refractivity contribution in [1.29, 1.82) is 0 Å². The fourth-order valence-electron chi connectivity index (χ4n) is 0. The topological polar surface area (TPSA) is 63.3 Å². The number of aliphatic carboxylic acids is 1. The SMILES string of the molecule is NCC(=O)O.[Cl-].[Cl-].[Cl-].[Cl-].[Pt+2]. The van der Waals surface area contributed by atoms with Crippen molar-refractivity contribution in [2.75, 3.05) is 6.54 Å². The second-order valence-corrected chi connectivity index (χ2v) is 0.598. The van der Waals surface area contributed by atoms with Gasteiger partial charge in [-0.05, 0) is 0 Å². The molecule has 0 saturated carbocycles. The molecule has 0 atom stereocenters. The van der Waals surface area contributed by atoms with Crippen molar-refractivity contribution in [2.45, 2.75) is 0 Å². The number of hydrogen-bond acceptors (Lipinski definition) is 2. The molecule has 0 amide bonds. The van der Waals surface area contributed by atoms with Gasteiger partial charge < -0.3 is 60.5 Å². The number of hydrogen-bond donors (Lipinski definition) is 2. The molecule has 3 N–H and O–H groups in total. The number of nitrogens with two attached hydrogens (primary N) is 1. The molecule has 0 aliphatic carbocycles. The summed E-state index contributed by atoms with van der Waals surface area (Å²) in [6.45, 7) is -0.278. The van der Waals surface area contributed by atoms with E-state index in [2.05, 4.69) is 5.73 Å². The summed E-state index contributed by atoms with van der Waals surface area (Å²) in [6, 6.07) is 0. The standard InChI is InChI=1S/C2H5NO2.4ClH.Pt/c3-1-2(4)5;;;;;/h1,3H2,(H,4,5);4*1H;/q;;;;;+2/p-4. The summed E-state index contributed by atoms with van der Waals surface area (Å²) in [5.41, 5.74) is 4.57. The minimum Gasteiger partial charge on any atom is -1.00 e. The first-order chi connectivity index (χ1) is 2.27. The van der Waals surface area contributed by atoms with E-state index in [0.717, 1.165) is 0 Å². The molecule has 0 aromatic carbocycles. The molecule has 0 aromatic heterocycles. The van der Waals surface area contributed by atoms with Crippen LogP contribution in [0.15, 0.2) is 0 Å². The van der Waals surface area contributed by atoms with Gasteiger partial charge in [0.1, 0.15) is 0 Å². The van der Waals surface area contributed by atoms with Crippen molar-refractivity contribution < 1.29 is 80.6 Å². The molecule has 0 spiro atoms. The Labute approximate surface area is 98.4 Å². The van der Waals surface area contributed by atoms with Crippen LogP contribution in [-0.2, 0) is 25.9 Å². The van der Waals surface area contributed by atoms with Crippen LogP contribution in [0.2, 0.25) is 0 Å². The van der Waals surface area contributed by atoms with Crippen LogP contribution in [-0.4, -0.2) is 17.6 Å². The second-order valence-electron chi connectivity index (χ2n) is 0.598. The Morgan fingerprint density at radius 1 is 1.20 bits per heavy atom. The van der Waals surface area contributed by atoms with Gasteiger partial charge in [-0.3, -0.25) is 4.79 Å². The molecule has 0 aliphatic heterocycles. The molecule has 8 heteroatoms. The molecule has 70 valence electrons. The number of carbonyl (C=O) groups is 1. The molecule has 0 unspecified atom stereocenters. The van der Waals surface area contributed by atoms with E-state index in [-0.39, 0.29) is 77.2 Å². The van der Waals surface area contributed by atoms with E-state index in [1.54, 1.807) is 0 Å². The van der Waals surface area contributed by atoms with E-state index >= 15 is 0 Å². The molecule has 10 heavy (non-hydrogen) atoms. The summed E-state index contributed by atoms with van der Waals surface area (Å²) >= 11 is 0. The van der Waals surface area contributed by atoms with Crippen LogP contribution in [0.5, 0.6) is 0 Å². The Hall–Kier alpha value is 1.28.